The predicted octanol–water partition coefficient (Wildman–Crippen LogP) is 4.56. The van der Waals surface area contributed by atoms with Crippen molar-refractivity contribution in [3.63, 3.8) is 0 Å². The molecule has 0 aromatic heterocycles. The van der Waals surface area contributed by atoms with Crippen LogP contribution in [0.4, 0.5) is 5.69 Å². The molecule has 1 saturated carbocycles. The first kappa shape index (κ1) is 19.0. The highest BCUT2D eigenvalue weighted by Crippen LogP contribution is 2.27. The van der Waals surface area contributed by atoms with E-state index in [0.29, 0.717) is 6.42 Å². The minimum Gasteiger partial charge on any atom is -0.347 e. The van der Waals surface area contributed by atoms with Gasteiger partial charge in [0.25, 0.3) is 0 Å². The molecule has 0 radical (unpaired) electrons. The van der Waals surface area contributed by atoms with Crippen LogP contribution in [0.2, 0.25) is 0 Å². The highest BCUT2D eigenvalue weighted by Gasteiger charge is 2.14. The van der Waals surface area contributed by atoms with E-state index in [-0.39, 0.29) is 18.4 Å². The summed E-state index contributed by atoms with van der Waals surface area (Å²) in [7, 11) is 0. The van der Waals surface area contributed by atoms with Gasteiger partial charge in [-0.15, -0.1) is 0 Å². The standard InChI is InChI=1S/C19H27BrN2O2/c1-14-12-16(20)10-11-17(14)22-19(24)13-21-18(23)9-5-8-15-6-3-2-4-7-15/h10-12,15H,2-9,13H2,1H3,(H,21,23)(H,22,24). The van der Waals surface area contributed by atoms with Gasteiger partial charge in [0.05, 0.1) is 6.54 Å². The van der Waals surface area contributed by atoms with Gasteiger partial charge in [-0.25, -0.2) is 0 Å². The second kappa shape index (κ2) is 9.82. The van der Waals surface area contributed by atoms with Crippen LogP contribution in [-0.4, -0.2) is 18.4 Å². The molecule has 0 atom stereocenters. The molecule has 1 aliphatic rings. The minimum absolute atomic E-state index is 0.0256. The summed E-state index contributed by atoms with van der Waals surface area (Å²) in [6.07, 6.45) is 9.25. The summed E-state index contributed by atoms with van der Waals surface area (Å²) in [5, 5.41) is 5.54. The average Bonchev–Trinajstić information content (AvgIpc) is 2.56. The van der Waals surface area contributed by atoms with Crippen molar-refractivity contribution >= 4 is 33.4 Å². The van der Waals surface area contributed by atoms with E-state index in [2.05, 4.69) is 26.6 Å². The van der Waals surface area contributed by atoms with Gasteiger partial charge in [-0.1, -0.05) is 48.0 Å². The van der Waals surface area contributed by atoms with Crippen molar-refractivity contribution in [2.75, 3.05) is 11.9 Å². The van der Waals surface area contributed by atoms with Crippen LogP contribution in [0.1, 0.15) is 56.9 Å². The molecule has 2 amide bonds. The molecule has 1 aromatic rings. The maximum atomic E-state index is 11.9. The Labute approximate surface area is 152 Å². The van der Waals surface area contributed by atoms with Gasteiger partial charge in [0, 0.05) is 16.6 Å². The van der Waals surface area contributed by atoms with Crippen molar-refractivity contribution in [3.05, 3.63) is 28.2 Å². The molecule has 1 fully saturated rings. The summed E-state index contributed by atoms with van der Waals surface area (Å²) >= 11 is 3.40. The topological polar surface area (TPSA) is 58.2 Å². The third kappa shape index (κ3) is 6.63. The normalized spacial score (nSPS) is 15.1. The molecule has 4 nitrogen and oxygen atoms in total. The van der Waals surface area contributed by atoms with E-state index >= 15 is 0 Å². The first-order valence-electron chi connectivity index (χ1n) is 8.87. The zero-order valence-electron chi connectivity index (χ0n) is 14.4. The van der Waals surface area contributed by atoms with Gasteiger partial charge in [0.15, 0.2) is 0 Å². The molecule has 1 aliphatic carbocycles. The van der Waals surface area contributed by atoms with E-state index in [1.807, 2.05) is 25.1 Å². The zero-order chi connectivity index (χ0) is 17.4. The Hall–Kier alpha value is -1.36. The number of nitrogens with one attached hydrogen (secondary N) is 2. The number of benzene rings is 1. The van der Waals surface area contributed by atoms with Crippen LogP contribution in [0.3, 0.4) is 0 Å². The van der Waals surface area contributed by atoms with E-state index in [4.69, 9.17) is 0 Å². The van der Waals surface area contributed by atoms with E-state index in [1.165, 1.54) is 32.1 Å². The van der Waals surface area contributed by atoms with Crippen molar-refractivity contribution in [1.29, 1.82) is 0 Å². The molecular formula is C19H27BrN2O2. The molecule has 1 aromatic carbocycles. The second-order valence-electron chi connectivity index (χ2n) is 6.68. The molecule has 0 bridgehead atoms. The first-order chi connectivity index (χ1) is 11.5. The molecule has 2 rings (SSSR count). The van der Waals surface area contributed by atoms with Crippen molar-refractivity contribution in [3.8, 4) is 0 Å². The predicted molar refractivity (Wildman–Crippen MR) is 101 cm³/mol. The Morgan fingerprint density at radius 2 is 1.92 bits per heavy atom. The SMILES string of the molecule is Cc1cc(Br)ccc1NC(=O)CNC(=O)CCCC1CCCCC1. The Bertz CT molecular complexity index is 568. The van der Waals surface area contributed by atoms with E-state index in [0.717, 1.165) is 34.5 Å². The lowest BCUT2D eigenvalue weighted by molar-refractivity contribution is -0.124. The third-order valence-corrected chi connectivity index (χ3v) is 5.14. The first-order valence-corrected chi connectivity index (χ1v) is 9.66. The molecule has 2 N–H and O–H groups in total. The Kier molecular flexibility index (Phi) is 7.76. The van der Waals surface area contributed by atoms with Gasteiger partial charge in [0.1, 0.15) is 0 Å². The molecule has 0 saturated heterocycles. The Balaban J connectivity index is 1.62. The number of amides is 2. The Morgan fingerprint density at radius 3 is 2.62 bits per heavy atom. The summed E-state index contributed by atoms with van der Waals surface area (Å²) in [5.41, 5.74) is 1.76. The zero-order valence-corrected chi connectivity index (χ0v) is 16.0. The number of hydrogen-bond acceptors (Lipinski definition) is 2. The number of hydrogen-bond donors (Lipinski definition) is 2. The van der Waals surface area contributed by atoms with E-state index in [1.54, 1.807) is 0 Å². The van der Waals surface area contributed by atoms with Gasteiger partial charge in [0.2, 0.25) is 11.8 Å². The minimum atomic E-state index is -0.193. The number of rotatable bonds is 7. The summed E-state index contributed by atoms with van der Waals surface area (Å²) in [5.74, 6) is 0.574. The smallest absolute Gasteiger partial charge is 0.243 e. The quantitative estimate of drug-likeness (QED) is 0.711. The molecule has 132 valence electrons. The summed E-state index contributed by atoms with van der Waals surface area (Å²) in [4.78, 5) is 23.8. The molecule has 5 heteroatoms. The lowest BCUT2D eigenvalue weighted by Crippen LogP contribution is -2.32. The lowest BCUT2D eigenvalue weighted by Gasteiger charge is -2.21. The third-order valence-electron chi connectivity index (χ3n) is 4.65. The highest BCUT2D eigenvalue weighted by atomic mass is 79.9. The van der Waals surface area contributed by atoms with Crippen LogP contribution in [0.25, 0.3) is 0 Å². The number of carbonyl (C=O) groups is 2. The van der Waals surface area contributed by atoms with Crippen LogP contribution >= 0.6 is 15.9 Å². The second-order valence-corrected chi connectivity index (χ2v) is 7.60. The molecule has 24 heavy (non-hydrogen) atoms. The van der Waals surface area contributed by atoms with Crippen molar-refractivity contribution < 1.29 is 9.59 Å². The van der Waals surface area contributed by atoms with Gasteiger partial charge in [-0.05, 0) is 49.4 Å². The number of carbonyl (C=O) groups excluding carboxylic acids is 2. The fraction of sp³-hybridized carbons (Fsp3) is 0.579. The van der Waals surface area contributed by atoms with Crippen LogP contribution in [-0.2, 0) is 9.59 Å². The van der Waals surface area contributed by atoms with Crippen LogP contribution in [0, 0.1) is 12.8 Å². The fourth-order valence-electron chi connectivity index (χ4n) is 3.26. The summed E-state index contributed by atoms with van der Waals surface area (Å²) in [6, 6.07) is 5.68. The van der Waals surface area contributed by atoms with Gasteiger partial charge >= 0.3 is 0 Å². The van der Waals surface area contributed by atoms with Crippen molar-refractivity contribution in [2.45, 2.75) is 58.3 Å². The van der Waals surface area contributed by atoms with Crippen LogP contribution in [0.5, 0.6) is 0 Å². The summed E-state index contributed by atoms with van der Waals surface area (Å²) < 4.78 is 0.976. The Morgan fingerprint density at radius 1 is 1.17 bits per heavy atom. The van der Waals surface area contributed by atoms with Crippen molar-refractivity contribution in [2.24, 2.45) is 5.92 Å². The average molecular weight is 395 g/mol. The lowest BCUT2D eigenvalue weighted by atomic mass is 9.86. The maximum Gasteiger partial charge on any atom is 0.243 e. The molecule has 0 unspecified atom stereocenters. The van der Waals surface area contributed by atoms with Gasteiger partial charge in [-0.2, -0.15) is 0 Å². The number of anilines is 1. The van der Waals surface area contributed by atoms with Gasteiger partial charge in [-0.3, -0.25) is 9.59 Å². The highest BCUT2D eigenvalue weighted by molar-refractivity contribution is 9.10. The largest absolute Gasteiger partial charge is 0.347 e. The molecule has 0 heterocycles. The number of halogens is 1. The van der Waals surface area contributed by atoms with Crippen molar-refractivity contribution in [1.82, 2.24) is 5.32 Å². The molecule has 0 aliphatic heterocycles. The van der Waals surface area contributed by atoms with Crippen LogP contribution < -0.4 is 10.6 Å². The number of aryl methyl sites for hydroxylation is 1. The molecule has 0 spiro atoms. The van der Waals surface area contributed by atoms with Gasteiger partial charge < -0.3 is 10.6 Å². The van der Waals surface area contributed by atoms with Crippen LogP contribution in [0.15, 0.2) is 22.7 Å². The fourth-order valence-corrected chi connectivity index (χ4v) is 3.73. The maximum absolute atomic E-state index is 11.9. The van der Waals surface area contributed by atoms with E-state index in [9.17, 15) is 9.59 Å². The monoisotopic (exact) mass is 394 g/mol. The molecular weight excluding hydrogens is 368 g/mol. The summed E-state index contributed by atoms with van der Waals surface area (Å²) in [6.45, 7) is 1.96. The van der Waals surface area contributed by atoms with E-state index < -0.39 is 0 Å².